The van der Waals surface area contributed by atoms with Gasteiger partial charge in [-0.25, -0.2) is 4.98 Å². The smallest absolute Gasteiger partial charge is 0.256 e. The molecule has 0 atom stereocenters. The third-order valence-corrected chi connectivity index (χ3v) is 7.69. The third kappa shape index (κ3) is 3.26. The number of nitrogens with zero attached hydrogens (tertiary/aromatic N) is 3. The fraction of sp³-hybridized carbons (Fsp3) is 0.0800. The minimum absolute atomic E-state index is 0.0641. The highest BCUT2D eigenvalue weighted by atomic mass is 32.1. The molecule has 0 saturated carbocycles. The number of hydrogen-bond acceptors (Lipinski definition) is 6. The maximum absolute atomic E-state index is 13.3. The zero-order chi connectivity index (χ0) is 22.5. The molecule has 0 bridgehead atoms. The molecule has 0 aliphatic carbocycles. The van der Waals surface area contributed by atoms with Crippen molar-refractivity contribution in [2.45, 2.75) is 6.54 Å². The first-order valence-electron chi connectivity index (χ1n) is 10.4. The summed E-state index contributed by atoms with van der Waals surface area (Å²) in [5, 5.41) is 13.5. The second kappa shape index (κ2) is 7.68. The fourth-order valence-electron chi connectivity index (χ4n) is 4.38. The van der Waals surface area contributed by atoms with Gasteiger partial charge >= 0.3 is 0 Å². The number of amides is 1. The number of carbonyl (C=O) groups is 1. The zero-order valence-electron chi connectivity index (χ0n) is 17.5. The number of rotatable bonds is 5. The Bertz CT molecular complexity index is 1520. The molecule has 6 rings (SSSR count). The highest BCUT2D eigenvalue weighted by Crippen LogP contribution is 2.39. The molecule has 8 heteroatoms. The lowest BCUT2D eigenvalue weighted by molar-refractivity contribution is 0.0800. The van der Waals surface area contributed by atoms with Crippen LogP contribution >= 0.6 is 22.7 Å². The number of nitrogens with two attached hydrogens (primary N) is 1. The number of carbonyl (C=O) groups excluding carboxylic acids is 1. The number of thiazole rings is 1. The van der Waals surface area contributed by atoms with Crippen LogP contribution in [-0.2, 0) is 6.54 Å². The molecule has 1 aliphatic heterocycles. The van der Waals surface area contributed by atoms with Gasteiger partial charge in [-0.3, -0.25) is 9.89 Å². The van der Waals surface area contributed by atoms with Crippen LogP contribution in [0.1, 0.15) is 20.9 Å². The van der Waals surface area contributed by atoms with Crippen molar-refractivity contribution in [3.8, 4) is 21.7 Å². The monoisotopic (exact) mass is 469 g/mol. The van der Waals surface area contributed by atoms with Crippen molar-refractivity contribution >= 4 is 50.7 Å². The highest BCUT2D eigenvalue weighted by Gasteiger charge is 2.32. The minimum atomic E-state index is -0.0641. The molecule has 5 aromatic rings. The zero-order valence-corrected chi connectivity index (χ0v) is 19.2. The maximum atomic E-state index is 13.3. The predicted molar refractivity (Wildman–Crippen MR) is 135 cm³/mol. The molecule has 4 heterocycles. The van der Waals surface area contributed by atoms with Crippen LogP contribution < -0.4 is 5.73 Å². The molecule has 1 amide bonds. The quantitative estimate of drug-likeness (QED) is 0.325. The average Bonchev–Trinajstić information content (AvgIpc) is 3.61. The number of hydrogen-bond donors (Lipinski definition) is 2. The van der Waals surface area contributed by atoms with Crippen molar-refractivity contribution in [2.75, 3.05) is 12.3 Å². The van der Waals surface area contributed by atoms with Crippen molar-refractivity contribution in [1.82, 2.24) is 20.1 Å². The van der Waals surface area contributed by atoms with Crippen LogP contribution in [0.3, 0.4) is 0 Å². The lowest BCUT2D eigenvalue weighted by Gasteiger charge is -2.16. The normalized spacial score (nSPS) is 13.1. The first kappa shape index (κ1) is 19.9. The van der Waals surface area contributed by atoms with E-state index in [4.69, 9.17) is 5.73 Å². The predicted octanol–water partition coefficient (Wildman–Crippen LogP) is 5.67. The summed E-state index contributed by atoms with van der Waals surface area (Å²) in [5.74, 6) is -0.0641. The van der Waals surface area contributed by atoms with E-state index >= 15 is 0 Å². The third-order valence-electron chi connectivity index (χ3n) is 5.94. The largest absolute Gasteiger partial charge is 0.398 e. The Hall–Kier alpha value is -3.75. The summed E-state index contributed by atoms with van der Waals surface area (Å²) in [5.41, 5.74) is 13.1. The molecule has 33 heavy (non-hydrogen) atoms. The Morgan fingerprint density at radius 1 is 1.18 bits per heavy atom. The van der Waals surface area contributed by atoms with Gasteiger partial charge in [-0.15, -0.1) is 22.7 Å². The van der Waals surface area contributed by atoms with Gasteiger partial charge in [0.1, 0.15) is 10.7 Å². The van der Waals surface area contributed by atoms with Gasteiger partial charge in [0.05, 0.1) is 16.0 Å². The summed E-state index contributed by atoms with van der Waals surface area (Å²) >= 11 is 3.18. The van der Waals surface area contributed by atoms with Gasteiger partial charge < -0.3 is 10.6 Å². The van der Waals surface area contributed by atoms with E-state index in [9.17, 15) is 4.79 Å². The van der Waals surface area contributed by atoms with E-state index < -0.39 is 0 Å². The van der Waals surface area contributed by atoms with Gasteiger partial charge in [0.15, 0.2) is 0 Å². The SMILES string of the molecule is C=C(CN1Cc2c(-c3ccc4[nH]nc(-c5cccs5)c4c3)ccc(N)c2C1=O)c1nccs1. The van der Waals surface area contributed by atoms with Gasteiger partial charge in [0, 0.05) is 41.3 Å². The number of H-pyrrole nitrogens is 1. The van der Waals surface area contributed by atoms with Crippen molar-refractivity contribution in [2.24, 2.45) is 0 Å². The van der Waals surface area contributed by atoms with Crippen molar-refractivity contribution in [3.63, 3.8) is 0 Å². The number of benzene rings is 2. The first-order valence-corrected chi connectivity index (χ1v) is 12.2. The lowest BCUT2D eigenvalue weighted by Crippen LogP contribution is -2.25. The Labute approximate surface area is 198 Å². The van der Waals surface area contributed by atoms with Gasteiger partial charge in [0.25, 0.3) is 5.91 Å². The summed E-state index contributed by atoms with van der Waals surface area (Å²) in [6.07, 6.45) is 1.75. The number of nitrogen functional groups attached to an aromatic ring is 1. The molecule has 3 aromatic heterocycles. The number of anilines is 1. The number of thiophene rings is 1. The van der Waals surface area contributed by atoms with Crippen LogP contribution in [0.15, 0.2) is 66.0 Å². The Kier molecular flexibility index (Phi) is 4.63. The van der Waals surface area contributed by atoms with Gasteiger partial charge in [-0.05, 0) is 46.3 Å². The summed E-state index contributed by atoms with van der Waals surface area (Å²) in [6, 6.07) is 14.2. The van der Waals surface area contributed by atoms with E-state index in [2.05, 4.69) is 40.0 Å². The minimum Gasteiger partial charge on any atom is -0.398 e. The fourth-order valence-corrected chi connectivity index (χ4v) is 5.71. The lowest BCUT2D eigenvalue weighted by atomic mass is 9.94. The van der Waals surface area contributed by atoms with Gasteiger partial charge in [0.2, 0.25) is 0 Å². The van der Waals surface area contributed by atoms with E-state index in [1.165, 1.54) is 11.3 Å². The van der Waals surface area contributed by atoms with Crippen molar-refractivity contribution in [3.05, 3.63) is 82.1 Å². The summed E-state index contributed by atoms with van der Waals surface area (Å²) < 4.78 is 0. The van der Waals surface area contributed by atoms with Crippen LogP contribution in [0.4, 0.5) is 5.69 Å². The summed E-state index contributed by atoms with van der Waals surface area (Å²) in [4.78, 5) is 20.5. The van der Waals surface area contributed by atoms with E-state index in [1.807, 2.05) is 35.0 Å². The molecule has 1 aliphatic rings. The molecular weight excluding hydrogens is 450 g/mol. The van der Waals surface area contributed by atoms with Crippen LogP contribution in [0.5, 0.6) is 0 Å². The molecule has 3 N–H and O–H groups in total. The summed E-state index contributed by atoms with van der Waals surface area (Å²) in [6.45, 7) is 5.04. The standard InChI is InChI=1S/C25H19N5OS2/c1-14(24-27-8-10-33-24)12-30-13-18-16(5-6-19(26)22(18)25(30)31)15-4-7-20-17(11-15)23(29-28-20)21-3-2-9-32-21/h2-11H,1,12-13,26H2,(H,28,29). The Balaban J connectivity index is 1.40. The number of fused-ring (bicyclic) bond motifs is 2. The van der Waals surface area contributed by atoms with E-state index in [0.717, 1.165) is 48.7 Å². The number of aromatic nitrogens is 3. The van der Waals surface area contributed by atoms with Crippen molar-refractivity contribution in [1.29, 1.82) is 0 Å². The van der Waals surface area contributed by atoms with E-state index in [1.54, 1.807) is 22.4 Å². The van der Waals surface area contributed by atoms with Gasteiger partial charge in [-0.2, -0.15) is 5.10 Å². The number of aromatic amines is 1. The molecule has 0 unspecified atom stereocenters. The maximum Gasteiger partial charge on any atom is 0.256 e. The molecule has 0 spiro atoms. The molecule has 6 nitrogen and oxygen atoms in total. The van der Waals surface area contributed by atoms with Crippen LogP contribution in [0.2, 0.25) is 0 Å². The van der Waals surface area contributed by atoms with Crippen molar-refractivity contribution < 1.29 is 4.79 Å². The molecule has 162 valence electrons. The second-order valence-corrected chi connectivity index (χ2v) is 9.81. The Morgan fingerprint density at radius 2 is 2.09 bits per heavy atom. The topological polar surface area (TPSA) is 87.9 Å². The van der Waals surface area contributed by atoms with Crippen LogP contribution in [0, 0.1) is 0 Å². The molecule has 0 fully saturated rings. The van der Waals surface area contributed by atoms with Crippen LogP contribution in [0.25, 0.3) is 38.2 Å². The molecular formula is C25H19N5OS2. The van der Waals surface area contributed by atoms with E-state index in [-0.39, 0.29) is 5.91 Å². The molecule has 0 radical (unpaired) electrons. The second-order valence-electron chi connectivity index (χ2n) is 7.97. The average molecular weight is 470 g/mol. The first-order chi connectivity index (χ1) is 16.1. The van der Waals surface area contributed by atoms with Crippen LogP contribution in [-0.4, -0.2) is 32.5 Å². The highest BCUT2D eigenvalue weighted by molar-refractivity contribution is 7.13. The van der Waals surface area contributed by atoms with Gasteiger partial charge in [-0.1, -0.05) is 24.8 Å². The molecule has 0 saturated heterocycles. The molecule has 2 aromatic carbocycles. The Morgan fingerprint density at radius 3 is 2.88 bits per heavy atom. The number of nitrogens with one attached hydrogen (secondary N) is 1. The summed E-state index contributed by atoms with van der Waals surface area (Å²) in [7, 11) is 0. The van der Waals surface area contributed by atoms with E-state index in [0.29, 0.717) is 24.3 Å².